The van der Waals surface area contributed by atoms with E-state index in [2.05, 4.69) is 0 Å². The predicted molar refractivity (Wildman–Crippen MR) is 64.0 cm³/mol. The molecule has 1 N–H and O–H groups in total. The van der Waals surface area contributed by atoms with Gasteiger partial charge in [0.2, 0.25) is 0 Å². The number of furan rings is 1. The summed E-state index contributed by atoms with van der Waals surface area (Å²) >= 11 is 0. The van der Waals surface area contributed by atoms with Gasteiger partial charge >= 0.3 is 11.9 Å². The number of carbonyl (C=O) groups is 2. The molecule has 1 heterocycles. The van der Waals surface area contributed by atoms with E-state index < -0.39 is 17.4 Å². The van der Waals surface area contributed by atoms with Crippen LogP contribution in [0.5, 0.6) is 0 Å². The van der Waals surface area contributed by atoms with E-state index in [0.29, 0.717) is 12.2 Å². The van der Waals surface area contributed by atoms with Crippen LogP contribution < -0.4 is 0 Å². The van der Waals surface area contributed by atoms with Crippen molar-refractivity contribution in [2.24, 2.45) is 5.41 Å². The molecule has 0 saturated heterocycles. The van der Waals surface area contributed by atoms with Crippen LogP contribution in [0.15, 0.2) is 22.8 Å². The molecule has 0 aromatic carbocycles. The van der Waals surface area contributed by atoms with E-state index >= 15 is 0 Å². The average molecular weight is 254 g/mol. The van der Waals surface area contributed by atoms with Crippen LogP contribution in [-0.2, 0) is 20.7 Å². The molecule has 1 aromatic rings. The third-order valence-corrected chi connectivity index (χ3v) is 2.81. The van der Waals surface area contributed by atoms with E-state index in [0.717, 1.165) is 0 Å². The lowest BCUT2D eigenvalue weighted by molar-refractivity contribution is -0.169. The molecular weight excluding hydrogens is 236 g/mol. The van der Waals surface area contributed by atoms with E-state index in [1.165, 1.54) is 6.26 Å². The van der Waals surface area contributed by atoms with Gasteiger partial charge in [0.1, 0.15) is 5.76 Å². The molecule has 0 aliphatic carbocycles. The second-order valence-electron chi connectivity index (χ2n) is 4.11. The Bertz CT molecular complexity index is 396. The third-order valence-electron chi connectivity index (χ3n) is 2.81. The van der Waals surface area contributed by atoms with Gasteiger partial charge in [-0.25, -0.2) is 0 Å². The van der Waals surface area contributed by atoms with Crippen LogP contribution in [0.25, 0.3) is 0 Å². The highest BCUT2D eigenvalue weighted by atomic mass is 16.5. The smallest absolute Gasteiger partial charge is 0.323 e. The van der Waals surface area contributed by atoms with Crippen molar-refractivity contribution in [3.8, 4) is 0 Å². The Labute approximate surface area is 106 Å². The van der Waals surface area contributed by atoms with Gasteiger partial charge in [-0.3, -0.25) is 9.59 Å². The van der Waals surface area contributed by atoms with E-state index in [1.807, 2.05) is 6.92 Å². The molecule has 100 valence electrons. The fraction of sp³-hybridized carbons (Fsp3) is 0.538. The summed E-state index contributed by atoms with van der Waals surface area (Å²) in [4.78, 5) is 23.5. The summed E-state index contributed by atoms with van der Waals surface area (Å²) in [5, 5.41) is 9.41. The van der Waals surface area contributed by atoms with Crippen LogP contribution in [0, 0.1) is 5.41 Å². The third kappa shape index (κ3) is 2.91. The molecule has 0 amide bonds. The fourth-order valence-electron chi connectivity index (χ4n) is 1.94. The average Bonchev–Trinajstić information content (AvgIpc) is 2.81. The SMILES string of the molecule is CCCC(Cc1ccco1)(C(=O)O)C(=O)OCC. The minimum Gasteiger partial charge on any atom is -0.480 e. The molecule has 0 aliphatic heterocycles. The number of carboxylic acids is 1. The van der Waals surface area contributed by atoms with Crippen molar-refractivity contribution in [2.75, 3.05) is 6.61 Å². The molecule has 0 bridgehead atoms. The summed E-state index contributed by atoms with van der Waals surface area (Å²) in [6, 6.07) is 3.33. The molecule has 0 radical (unpaired) electrons. The van der Waals surface area contributed by atoms with Crippen LogP contribution in [0.3, 0.4) is 0 Å². The molecule has 0 aliphatic rings. The van der Waals surface area contributed by atoms with E-state index in [9.17, 15) is 14.7 Å². The zero-order chi connectivity index (χ0) is 13.6. The minimum atomic E-state index is -1.55. The van der Waals surface area contributed by atoms with Crippen LogP contribution in [0.4, 0.5) is 0 Å². The van der Waals surface area contributed by atoms with Gasteiger partial charge in [0.15, 0.2) is 5.41 Å². The van der Waals surface area contributed by atoms with Crippen molar-refractivity contribution in [2.45, 2.75) is 33.1 Å². The number of aliphatic carboxylic acids is 1. The van der Waals surface area contributed by atoms with E-state index in [-0.39, 0.29) is 19.4 Å². The van der Waals surface area contributed by atoms with Crippen molar-refractivity contribution in [3.63, 3.8) is 0 Å². The van der Waals surface area contributed by atoms with Gasteiger partial charge < -0.3 is 14.3 Å². The fourth-order valence-corrected chi connectivity index (χ4v) is 1.94. The number of hydrogen-bond acceptors (Lipinski definition) is 4. The van der Waals surface area contributed by atoms with Gasteiger partial charge in [-0.15, -0.1) is 0 Å². The van der Waals surface area contributed by atoms with Crippen molar-refractivity contribution in [1.82, 2.24) is 0 Å². The number of rotatable bonds is 7. The highest BCUT2D eigenvalue weighted by Crippen LogP contribution is 2.31. The summed E-state index contributed by atoms with van der Waals surface area (Å²) in [5.74, 6) is -1.39. The molecule has 5 nitrogen and oxygen atoms in total. The molecule has 1 rings (SSSR count). The maximum atomic E-state index is 12.0. The minimum absolute atomic E-state index is 0.0159. The van der Waals surface area contributed by atoms with E-state index in [4.69, 9.17) is 9.15 Å². The maximum Gasteiger partial charge on any atom is 0.323 e. The van der Waals surface area contributed by atoms with E-state index in [1.54, 1.807) is 19.1 Å². The summed E-state index contributed by atoms with van der Waals surface area (Å²) in [6.45, 7) is 3.65. The second-order valence-corrected chi connectivity index (χ2v) is 4.11. The topological polar surface area (TPSA) is 76.7 Å². The van der Waals surface area contributed by atoms with Crippen LogP contribution in [-0.4, -0.2) is 23.7 Å². The first-order valence-electron chi connectivity index (χ1n) is 5.99. The van der Waals surface area contributed by atoms with Crippen LogP contribution in [0.2, 0.25) is 0 Å². The number of hydrogen-bond donors (Lipinski definition) is 1. The predicted octanol–water partition coefficient (Wildman–Crippen LogP) is 2.26. The zero-order valence-electron chi connectivity index (χ0n) is 10.6. The Morgan fingerprint density at radius 1 is 1.44 bits per heavy atom. The normalized spacial score (nSPS) is 13.9. The summed E-state index contributed by atoms with van der Waals surface area (Å²) in [6.07, 6.45) is 2.27. The maximum absolute atomic E-state index is 12.0. The number of esters is 1. The zero-order valence-corrected chi connectivity index (χ0v) is 10.6. The Kier molecular flexibility index (Phi) is 4.95. The molecule has 0 fully saturated rings. The quantitative estimate of drug-likeness (QED) is 0.596. The molecule has 1 unspecified atom stereocenters. The first-order chi connectivity index (χ1) is 8.56. The van der Waals surface area contributed by atoms with Gasteiger partial charge in [0, 0.05) is 6.42 Å². The number of ether oxygens (including phenoxy) is 1. The standard InChI is InChI=1S/C13H18O5/c1-3-7-13(11(14)15,12(16)17-4-2)9-10-6-5-8-18-10/h5-6,8H,3-4,7,9H2,1-2H3,(H,14,15). The summed E-state index contributed by atoms with van der Waals surface area (Å²) in [7, 11) is 0. The Hall–Kier alpha value is -1.78. The van der Waals surface area contributed by atoms with Crippen LogP contribution >= 0.6 is 0 Å². The lowest BCUT2D eigenvalue weighted by Crippen LogP contribution is -2.42. The van der Waals surface area contributed by atoms with Gasteiger partial charge in [0.25, 0.3) is 0 Å². The van der Waals surface area contributed by atoms with Gasteiger partial charge in [0.05, 0.1) is 12.9 Å². The molecule has 5 heteroatoms. The van der Waals surface area contributed by atoms with Gasteiger partial charge in [-0.05, 0) is 25.5 Å². The van der Waals surface area contributed by atoms with Crippen molar-refractivity contribution in [3.05, 3.63) is 24.2 Å². The first-order valence-corrected chi connectivity index (χ1v) is 5.99. The summed E-state index contributed by atoms with van der Waals surface area (Å²) < 4.78 is 10.1. The Morgan fingerprint density at radius 3 is 2.61 bits per heavy atom. The highest BCUT2D eigenvalue weighted by molar-refractivity contribution is 5.99. The Balaban J connectivity index is 3.04. The van der Waals surface area contributed by atoms with Crippen molar-refractivity contribution in [1.29, 1.82) is 0 Å². The monoisotopic (exact) mass is 254 g/mol. The molecular formula is C13H18O5. The van der Waals surface area contributed by atoms with Crippen LogP contribution in [0.1, 0.15) is 32.4 Å². The molecule has 18 heavy (non-hydrogen) atoms. The lowest BCUT2D eigenvalue weighted by Gasteiger charge is -2.25. The Morgan fingerprint density at radius 2 is 2.17 bits per heavy atom. The summed E-state index contributed by atoms with van der Waals surface area (Å²) in [5.41, 5.74) is -1.55. The molecule has 0 spiro atoms. The first kappa shape index (κ1) is 14.3. The molecule has 0 saturated carbocycles. The van der Waals surface area contributed by atoms with Gasteiger partial charge in [-0.1, -0.05) is 13.3 Å². The number of carboxylic acid groups (broad SMARTS) is 1. The highest BCUT2D eigenvalue weighted by Gasteiger charge is 2.47. The second kappa shape index (κ2) is 6.23. The largest absolute Gasteiger partial charge is 0.480 e. The lowest BCUT2D eigenvalue weighted by atomic mass is 9.79. The molecule has 1 atom stereocenters. The van der Waals surface area contributed by atoms with Crippen molar-refractivity contribution >= 4 is 11.9 Å². The number of carbonyl (C=O) groups excluding carboxylic acids is 1. The molecule has 1 aromatic heterocycles. The van der Waals surface area contributed by atoms with Crippen molar-refractivity contribution < 1.29 is 23.8 Å². The van der Waals surface area contributed by atoms with Gasteiger partial charge in [-0.2, -0.15) is 0 Å².